The second-order valence-corrected chi connectivity index (χ2v) is 6.11. The summed E-state index contributed by atoms with van der Waals surface area (Å²) in [6.07, 6.45) is -4.57. The first-order chi connectivity index (χ1) is 12.8. The minimum atomic E-state index is -4.57. The lowest BCUT2D eigenvalue weighted by Crippen LogP contribution is -2.12. The molecule has 0 bridgehead atoms. The van der Waals surface area contributed by atoms with Crippen LogP contribution in [0.4, 0.5) is 19.0 Å². The number of alkyl halides is 3. The molecule has 0 spiro atoms. The number of pyridine rings is 1. The van der Waals surface area contributed by atoms with Crippen LogP contribution >= 0.6 is 12.2 Å². The van der Waals surface area contributed by atoms with Gasteiger partial charge in [-0.1, -0.05) is 18.2 Å². The number of nitrogens with one attached hydrogen (secondary N) is 1. The highest BCUT2D eigenvalue weighted by molar-refractivity contribution is 7.71. The number of anilines is 1. The van der Waals surface area contributed by atoms with E-state index in [4.69, 9.17) is 18.0 Å². The summed E-state index contributed by atoms with van der Waals surface area (Å²) in [7, 11) is 0. The first-order valence-corrected chi connectivity index (χ1v) is 8.17. The maximum atomic E-state index is 13.0. The number of benzene rings is 1. The average molecular weight is 391 g/mol. The van der Waals surface area contributed by atoms with Gasteiger partial charge in [-0.3, -0.25) is 9.67 Å². The number of nitrogens with zero attached hydrogens (tertiary/aromatic N) is 5. The number of H-pyrrole nitrogens is 1. The second kappa shape index (κ2) is 6.20. The summed E-state index contributed by atoms with van der Waals surface area (Å²) in [5.41, 5.74) is 5.61. The summed E-state index contributed by atoms with van der Waals surface area (Å²) in [4.78, 5) is 3.69. The molecular weight excluding hydrogens is 379 g/mol. The van der Waals surface area contributed by atoms with E-state index in [9.17, 15) is 13.2 Å². The molecule has 3 heterocycles. The van der Waals surface area contributed by atoms with Crippen LogP contribution in [0.2, 0.25) is 0 Å². The smallest absolute Gasteiger partial charge is 0.382 e. The van der Waals surface area contributed by atoms with Crippen LogP contribution in [0.15, 0.2) is 42.5 Å². The van der Waals surface area contributed by atoms with Crippen LogP contribution in [0.1, 0.15) is 11.5 Å². The van der Waals surface area contributed by atoms with Crippen molar-refractivity contribution in [3.8, 4) is 5.69 Å². The highest BCUT2D eigenvalue weighted by atomic mass is 32.1. The zero-order valence-corrected chi connectivity index (χ0v) is 14.4. The van der Waals surface area contributed by atoms with Gasteiger partial charge >= 0.3 is 6.18 Å². The minimum Gasteiger partial charge on any atom is -0.382 e. The van der Waals surface area contributed by atoms with Crippen molar-refractivity contribution in [2.75, 3.05) is 5.73 Å². The third-order valence-corrected chi connectivity index (χ3v) is 4.24. The van der Waals surface area contributed by atoms with Gasteiger partial charge in [-0.2, -0.15) is 23.4 Å². The van der Waals surface area contributed by atoms with Crippen molar-refractivity contribution < 1.29 is 13.2 Å². The number of para-hydroxylation sites is 1. The molecule has 11 heteroatoms. The predicted molar refractivity (Wildman–Crippen MR) is 94.8 cm³/mol. The monoisotopic (exact) mass is 391 g/mol. The van der Waals surface area contributed by atoms with Crippen molar-refractivity contribution in [2.24, 2.45) is 0 Å². The number of fused-ring (bicyclic) bond motifs is 1. The van der Waals surface area contributed by atoms with Crippen LogP contribution in [0, 0.1) is 4.77 Å². The summed E-state index contributed by atoms with van der Waals surface area (Å²) in [5.74, 6) is 0.543. The molecule has 0 unspecified atom stereocenters. The molecule has 3 aromatic heterocycles. The van der Waals surface area contributed by atoms with Crippen LogP contribution in [0.3, 0.4) is 0 Å². The molecule has 0 saturated heterocycles. The molecule has 138 valence electrons. The predicted octanol–water partition coefficient (Wildman–Crippen LogP) is 3.32. The Bertz CT molecular complexity index is 1170. The molecule has 0 fully saturated rings. The first kappa shape index (κ1) is 17.2. The number of aromatic amines is 1. The highest BCUT2D eigenvalue weighted by Gasteiger charge is 2.33. The summed E-state index contributed by atoms with van der Waals surface area (Å²) in [5, 5.41) is 11.3. The standard InChI is InChI=1S/C16H12F3N7S/c17-16(18,19)11-7-6-10-13(20)24-25(14(10)21-11)8-12-22-23-15(27)26(12)9-4-2-1-3-5-9/h1-7H,8H2,(H2,20,24)(H,23,27). The molecule has 27 heavy (non-hydrogen) atoms. The van der Waals surface area contributed by atoms with Crippen molar-refractivity contribution in [2.45, 2.75) is 12.7 Å². The van der Waals surface area contributed by atoms with Crippen LogP contribution < -0.4 is 5.73 Å². The third-order valence-electron chi connectivity index (χ3n) is 3.96. The summed E-state index contributed by atoms with van der Waals surface area (Å²) >= 11 is 5.27. The Kier molecular flexibility index (Phi) is 3.95. The van der Waals surface area contributed by atoms with Crippen molar-refractivity contribution in [3.63, 3.8) is 0 Å². The lowest BCUT2D eigenvalue weighted by molar-refractivity contribution is -0.141. The molecule has 0 saturated carbocycles. The molecular formula is C16H12F3N7S. The number of hydrogen-bond acceptors (Lipinski definition) is 5. The molecule has 0 aliphatic carbocycles. The Balaban J connectivity index is 1.83. The number of halogens is 3. The van der Waals surface area contributed by atoms with Gasteiger partial charge in [0.05, 0.1) is 5.39 Å². The molecule has 0 amide bonds. The van der Waals surface area contributed by atoms with E-state index in [1.165, 1.54) is 10.7 Å². The van der Waals surface area contributed by atoms with Gasteiger partial charge in [-0.25, -0.2) is 9.67 Å². The lowest BCUT2D eigenvalue weighted by atomic mass is 10.3. The summed E-state index contributed by atoms with van der Waals surface area (Å²) in [6, 6.07) is 11.4. The Hall–Kier alpha value is -3.21. The normalized spacial score (nSPS) is 12.0. The first-order valence-electron chi connectivity index (χ1n) is 7.76. The van der Waals surface area contributed by atoms with E-state index < -0.39 is 11.9 Å². The van der Waals surface area contributed by atoms with E-state index in [0.29, 0.717) is 16.0 Å². The fraction of sp³-hybridized carbons (Fsp3) is 0.125. The Morgan fingerprint density at radius 2 is 1.85 bits per heavy atom. The largest absolute Gasteiger partial charge is 0.433 e. The van der Waals surface area contributed by atoms with Crippen LogP contribution in [-0.2, 0) is 12.7 Å². The maximum absolute atomic E-state index is 13.0. The fourth-order valence-corrected chi connectivity index (χ4v) is 3.01. The van der Waals surface area contributed by atoms with Gasteiger partial charge in [0.2, 0.25) is 0 Å². The number of rotatable bonds is 3. The van der Waals surface area contributed by atoms with E-state index in [0.717, 1.165) is 11.8 Å². The van der Waals surface area contributed by atoms with Crippen molar-refractivity contribution in [3.05, 3.63) is 58.8 Å². The van der Waals surface area contributed by atoms with E-state index >= 15 is 0 Å². The molecule has 1 aromatic carbocycles. The second-order valence-electron chi connectivity index (χ2n) is 5.72. The van der Waals surface area contributed by atoms with E-state index in [1.54, 1.807) is 4.57 Å². The Morgan fingerprint density at radius 1 is 1.11 bits per heavy atom. The third kappa shape index (κ3) is 3.05. The van der Waals surface area contributed by atoms with Crippen LogP contribution in [0.5, 0.6) is 0 Å². The van der Waals surface area contributed by atoms with Crippen molar-refractivity contribution in [1.82, 2.24) is 29.5 Å². The minimum absolute atomic E-state index is 0.0239. The molecule has 4 aromatic rings. The van der Waals surface area contributed by atoms with Crippen molar-refractivity contribution >= 4 is 29.1 Å². The zero-order valence-electron chi connectivity index (χ0n) is 13.6. The number of nitrogen functional groups attached to an aromatic ring is 1. The SMILES string of the molecule is Nc1nn(Cc2n[nH]c(=S)n2-c2ccccc2)c2nc(C(F)(F)F)ccc12. The van der Waals surface area contributed by atoms with Gasteiger partial charge in [-0.05, 0) is 36.5 Å². The lowest BCUT2D eigenvalue weighted by Gasteiger charge is -2.08. The van der Waals surface area contributed by atoms with Gasteiger partial charge in [0.15, 0.2) is 22.1 Å². The van der Waals surface area contributed by atoms with Gasteiger partial charge < -0.3 is 5.73 Å². The zero-order chi connectivity index (χ0) is 19.2. The Morgan fingerprint density at radius 3 is 2.56 bits per heavy atom. The molecule has 7 nitrogen and oxygen atoms in total. The molecule has 0 aliphatic heterocycles. The van der Waals surface area contributed by atoms with Gasteiger partial charge in [0.25, 0.3) is 0 Å². The van der Waals surface area contributed by atoms with Gasteiger partial charge in [0, 0.05) is 5.69 Å². The quantitative estimate of drug-likeness (QED) is 0.523. The highest BCUT2D eigenvalue weighted by Crippen LogP contribution is 2.30. The van der Waals surface area contributed by atoms with E-state index in [2.05, 4.69) is 20.3 Å². The van der Waals surface area contributed by atoms with E-state index in [-0.39, 0.29) is 18.0 Å². The summed E-state index contributed by atoms with van der Waals surface area (Å²) < 4.78 is 42.3. The molecule has 4 rings (SSSR count). The van der Waals surface area contributed by atoms with Gasteiger partial charge in [0.1, 0.15) is 12.2 Å². The van der Waals surface area contributed by atoms with Gasteiger partial charge in [-0.15, -0.1) is 0 Å². The summed E-state index contributed by atoms with van der Waals surface area (Å²) in [6.45, 7) is 0.0318. The number of nitrogens with two attached hydrogens (primary N) is 1. The molecule has 0 radical (unpaired) electrons. The average Bonchev–Trinajstić information content (AvgIpc) is 3.15. The van der Waals surface area contributed by atoms with Crippen LogP contribution in [0.25, 0.3) is 16.7 Å². The molecule has 0 aliphatic rings. The maximum Gasteiger partial charge on any atom is 0.433 e. The fourth-order valence-electron chi connectivity index (χ4n) is 2.76. The molecule has 0 atom stereocenters. The van der Waals surface area contributed by atoms with Crippen LogP contribution in [-0.4, -0.2) is 29.5 Å². The number of aromatic nitrogens is 6. The topological polar surface area (TPSA) is 90.3 Å². The van der Waals surface area contributed by atoms with Crippen molar-refractivity contribution in [1.29, 1.82) is 0 Å². The molecule has 3 N–H and O–H groups in total. The van der Waals surface area contributed by atoms with E-state index in [1.807, 2.05) is 30.3 Å². The number of hydrogen-bond donors (Lipinski definition) is 2. The Labute approximate surface area is 155 Å².